The number of ketones is 1. The highest BCUT2D eigenvalue weighted by Crippen LogP contribution is 2.20. The van der Waals surface area contributed by atoms with Crippen LogP contribution in [0, 0.1) is 0 Å². The summed E-state index contributed by atoms with van der Waals surface area (Å²) in [4.78, 5) is 23.5. The first-order valence-corrected chi connectivity index (χ1v) is 7.15. The van der Waals surface area contributed by atoms with E-state index in [0.717, 1.165) is 10.5 Å². The van der Waals surface area contributed by atoms with Crippen LogP contribution in [0.25, 0.3) is 0 Å². The van der Waals surface area contributed by atoms with Crippen molar-refractivity contribution in [2.45, 2.75) is 11.3 Å². The molecule has 0 saturated heterocycles. The molecule has 0 aliphatic heterocycles. The first-order chi connectivity index (χ1) is 9.65. The van der Waals surface area contributed by atoms with Crippen molar-refractivity contribution in [2.75, 3.05) is 5.75 Å². The van der Waals surface area contributed by atoms with Gasteiger partial charge < -0.3 is 5.11 Å². The van der Waals surface area contributed by atoms with Crippen molar-refractivity contribution in [3.63, 3.8) is 0 Å². The maximum absolute atomic E-state index is 11.9. The fourth-order valence-corrected chi connectivity index (χ4v) is 2.53. The van der Waals surface area contributed by atoms with Gasteiger partial charge in [0.25, 0.3) is 0 Å². The lowest BCUT2D eigenvalue weighted by molar-refractivity contribution is -0.136. The van der Waals surface area contributed by atoms with Gasteiger partial charge in [-0.25, -0.2) is 0 Å². The zero-order valence-corrected chi connectivity index (χ0v) is 11.6. The standard InChI is InChI=1S/C16H14O3S/c17-15(13-4-2-1-3-5-13)11-20-14-8-6-12(7-9-14)10-16(18)19/h1-9H,10-11H2,(H,18,19). The van der Waals surface area contributed by atoms with Crippen LogP contribution < -0.4 is 0 Å². The van der Waals surface area contributed by atoms with Crippen LogP contribution in [-0.2, 0) is 11.2 Å². The maximum Gasteiger partial charge on any atom is 0.307 e. The molecule has 2 aromatic rings. The molecule has 0 fully saturated rings. The molecule has 102 valence electrons. The predicted octanol–water partition coefficient (Wildman–Crippen LogP) is 3.29. The van der Waals surface area contributed by atoms with Crippen molar-refractivity contribution in [1.82, 2.24) is 0 Å². The molecule has 2 aromatic carbocycles. The zero-order valence-electron chi connectivity index (χ0n) is 10.8. The van der Waals surface area contributed by atoms with Crippen molar-refractivity contribution in [3.8, 4) is 0 Å². The van der Waals surface area contributed by atoms with E-state index in [2.05, 4.69) is 0 Å². The van der Waals surface area contributed by atoms with Gasteiger partial charge in [0.1, 0.15) is 0 Å². The van der Waals surface area contributed by atoms with Crippen LogP contribution in [0.1, 0.15) is 15.9 Å². The minimum Gasteiger partial charge on any atom is -0.481 e. The van der Waals surface area contributed by atoms with Gasteiger partial charge in [0.05, 0.1) is 12.2 Å². The van der Waals surface area contributed by atoms with Crippen LogP contribution >= 0.6 is 11.8 Å². The van der Waals surface area contributed by atoms with E-state index in [4.69, 9.17) is 5.11 Å². The third-order valence-corrected chi connectivity index (χ3v) is 3.76. The molecule has 0 heterocycles. The second-order valence-electron chi connectivity index (χ2n) is 4.29. The summed E-state index contributed by atoms with van der Waals surface area (Å²) in [5.74, 6) is -0.377. The van der Waals surface area contributed by atoms with E-state index in [-0.39, 0.29) is 12.2 Å². The molecule has 2 rings (SSSR count). The summed E-state index contributed by atoms with van der Waals surface area (Å²) in [5.41, 5.74) is 1.47. The van der Waals surface area contributed by atoms with Gasteiger partial charge >= 0.3 is 5.97 Å². The Morgan fingerprint density at radius 2 is 1.60 bits per heavy atom. The molecule has 0 spiro atoms. The van der Waals surface area contributed by atoms with Gasteiger partial charge in [-0.1, -0.05) is 42.5 Å². The van der Waals surface area contributed by atoms with Gasteiger partial charge in [-0.2, -0.15) is 0 Å². The molecule has 4 heteroatoms. The topological polar surface area (TPSA) is 54.4 Å². The number of carboxylic acid groups (broad SMARTS) is 1. The summed E-state index contributed by atoms with van der Waals surface area (Å²) in [6.45, 7) is 0. The quantitative estimate of drug-likeness (QED) is 0.654. The first kappa shape index (κ1) is 14.3. The molecule has 0 saturated carbocycles. The van der Waals surface area contributed by atoms with E-state index >= 15 is 0 Å². The Kier molecular flexibility index (Phi) is 4.96. The summed E-state index contributed by atoms with van der Waals surface area (Å²) < 4.78 is 0. The average Bonchev–Trinajstić information content (AvgIpc) is 2.46. The Hall–Kier alpha value is -2.07. The highest BCUT2D eigenvalue weighted by molar-refractivity contribution is 8.00. The fourth-order valence-electron chi connectivity index (χ4n) is 1.73. The molecule has 0 aromatic heterocycles. The van der Waals surface area contributed by atoms with E-state index in [1.54, 1.807) is 24.3 Å². The van der Waals surface area contributed by atoms with Gasteiger partial charge in [0.15, 0.2) is 5.78 Å². The minimum atomic E-state index is -0.843. The Morgan fingerprint density at radius 3 is 2.20 bits per heavy atom. The molecule has 20 heavy (non-hydrogen) atoms. The Balaban J connectivity index is 1.91. The van der Waals surface area contributed by atoms with E-state index < -0.39 is 5.97 Å². The normalized spacial score (nSPS) is 10.2. The molecular formula is C16H14O3S. The lowest BCUT2D eigenvalue weighted by Gasteiger charge is -2.03. The van der Waals surface area contributed by atoms with Crippen molar-refractivity contribution < 1.29 is 14.7 Å². The number of benzene rings is 2. The van der Waals surface area contributed by atoms with Crippen LogP contribution in [0.3, 0.4) is 0 Å². The number of hydrogen-bond donors (Lipinski definition) is 1. The number of carboxylic acids is 1. The van der Waals surface area contributed by atoms with Crippen LogP contribution in [0.15, 0.2) is 59.5 Å². The van der Waals surface area contributed by atoms with Gasteiger partial charge in [0.2, 0.25) is 0 Å². The Morgan fingerprint density at radius 1 is 0.950 bits per heavy atom. The molecule has 0 radical (unpaired) electrons. The van der Waals surface area contributed by atoms with Gasteiger partial charge in [-0.3, -0.25) is 9.59 Å². The molecule has 3 nitrogen and oxygen atoms in total. The van der Waals surface area contributed by atoms with E-state index in [9.17, 15) is 9.59 Å². The number of aliphatic carboxylic acids is 1. The van der Waals surface area contributed by atoms with Gasteiger partial charge in [0, 0.05) is 10.5 Å². The number of hydrogen-bond acceptors (Lipinski definition) is 3. The van der Waals surface area contributed by atoms with Crippen molar-refractivity contribution in [3.05, 3.63) is 65.7 Å². The third-order valence-electron chi connectivity index (χ3n) is 2.74. The highest BCUT2D eigenvalue weighted by atomic mass is 32.2. The Bertz CT molecular complexity index is 591. The SMILES string of the molecule is O=C(O)Cc1ccc(SCC(=O)c2ccccc2)cc1. The van der Waals surface area contributed by atoms with Crippen LogP contribution in [-0.4, -0.2) is 22.6 Å². The minimum absolute atomic E-state index is 0.0217. The molecule has 0 unspecified atom stereocenters. The van der Waals surface area contributed by atoms with E-state index in [1.165, 1.54) is 11.8 Å². The number of thioether (sulfide) groups is 1. The highest BCUT2D eigenvalue weighted by Gasteiger charge is 2.06. The van der Waals surface area contributed by atoms with Crippen LogP contribution in [0.2, 0.25) is 0 Å². The lowest BCUT2D eigenvalue weighted by Crippen LogP contribution is -2.02. The molecule has 1 N–H and O–H groups in total. The average molecular weight is 286 g/mol. The molecule has 0 bridgehead atoms. The van der Waals surface area contributed by atoms with E-state index in [1.807, 2.05) is 30.3 Å². The molecule has 0 amide bonds. The number of rotatable bonds is 6. The van der Waals surface area contributed by atoms with Gasteiger partial charge in [-0.15, -0.1) is 11.8 Å². The summed E-state index contributed by atoms with van der Waals surface area (Å²) in [5, 5.41) is 8.69. The summed E-state index contributed by atoms with van der Waals surface area (Å²) in [7, 11) is 0. The van der Waals surface area contributed by atoms with Crippen molar-refractivity contribution in [1.29, 1.82) is 0 Å². The van der Waals surface area contributed by atoms with Crippen LogP contribution in [0.5, 0.6) is 0 Å². The molecular weight excluding hydrogens is 272 g/mol. The molecule has 0 aliphatic carbocycles. The second-order valence-corrected chi connectivity index (χ2v) is 5.34. The van der Waals surface area contributed by atoms with Crippen molar-refractivity contribution >= 4 is 23.5 Å². The fraction of sp³-hybridized carbons (Fsp3) is 0.125. The summed E-state index contributed by atoms with van der Waals surface area (Å²) in [6, 6.07) is 16.4. The summed E-state index contributed by atoms with van der Waals surface area (Å²) in [6.07, 6.45) is 0.0217. The Labute approximate surface area is 121 Å². The monoisotopic (exact) mass is 286 g/mol. The van der Waals surface area contributed by atoms with Gasteiger partial charge in [-0.05, 0) is 17.7 Å². The second kappa shape index (κ2) is 6.91. The smallest absolute Gasteiger partial charge is 0.307 e. The summed E-state index contributed by atoms with van der Waals surface area (Å²) >= 11 is 1.45. The lowest BCUT2D eigenvalue weighted by atomic mass is 10.1. The molecule has 0 aliphatic rings. The van der Waals surface area contributed by atoms with Crippen LogP contribution in [0.4, 0.5) is 0 Å². The predicted molar refractivity (Wildman–Crippen MR) is 79.3 cm³/mol. The number of Topliss-reactive ketones (excluding diaryl/α,β-unsaturated/α-hetero) is 1. The maximum atomic E-state index is 11.9. The molecule has 0 atom stereocenters. The number of carbonyl (C=O) groups is 2. The van der Waals surface area contributed by atoms with Crippen molar-refractivity contribution in [2.24, 2.45) is 0 Å². The first-order valence-electron chi connectivity index (χ1n) is 6.17. The zero-order chi connectivity index (χ0) is 14.4. The number of carbonyl (C=O) groups excluding carboxylic acids is 1. The largest absolute Gasteiger partial charge is 0.481 e. The third kappa shape index (κ3) is 4.24. The van der Waals surface area contributed by atoms with E-state index in [0.29, 0.717) is 11.3 Å².